The summed E-state index contributed by atoms with van der Waals surface area (Å²) in [4.78, 5) is 0. The summed E-state index contributed by atoms with van der Waals surface area (Å²) < 4.78 is 39.0. The minimum Gasteiger partial charge on any atom is -0.355 e. The van der Waals surface area contributed by atoms with Crippen LogP contribution in [0.1, 0.15) is 16.7 Å². The number of aryl methyl sites for hydroxylation is 1. The predicted molar refractivity (Wildman–Crippen MR) is 78.3 cm³/mol. The number of alkyl halides is 3. The van der Waals surface area contributed by atoms with Crippen LogP contribution >= 0.6 is 15.9 Å². The van der Waals surface area contributed by atoms with Crippen molar-refractivity contribution >= 4 is 27.3 Å². The molecule has 2 aromatic carbocycles. The molecular weight excluding hydrogens is 345 g/mol. The zero-order chi connectivity index (χ0) is 15.6. The average Bonchev–Trinajstić information content (AvgIpc) is 2.40. The molecule has 21 heavy (non-hydrogen) atoms. The molecule has 0 unspecified atom stereocenters. The van der Waals surface area contributed by atoms with Crippen molar-refractivity contribution in [3.8, 4) is 6.07 Å². The number of hydrogen-bond donors (Lipinski definition) is 1. The van der Waals surface area contributed by atoms with Crippen molar-refractivity contribution in [1.82, 2.24) is 0 Å². The molecule has 0 amide bonds. The van der Waals surface area contributed by atoms with Gasteiger partial charge in [0.05, 0.1) is 22.9 Å². The maximum Gasteiger partial charge on any atom is 0.417 e. The minimum absolute atomic E-state index is 0.407. The van der Waals surface area contributed by atoms with Crippen LogP contribution in [0.15, 0.2) is 40.9 Å². The van der Waals surface area contributed by atoms with E-state index in [-0.39, 0.29) is 0 Å². The van der Waals surface area contributed by atoms with E-state index in [1.165, 1.54) is 12.1 Å². The number of rotatable bonds is 2. The predicted octanol–water partition coefficient (Wildman–Crippen LogP) is 5.39. The fraction of sp³-hybridized carbons (Fsp3) is 0.133. The zero-order valence-corrected chi connectivity index (χ0v) is 12.5. The summed E-state index contributed by atoms with van der Waals surface area (Å²) in [6, 6.07) is 10.5. The highest BCUT2D eigenvalue weighted by Crippen LogP contribution is 2.34. The first-order valence-electron chi connectivity index (χ1n) is 5.96. The standard InChI is InChI=1S/C15H10BrF3N2/c1-9-2-5-14(13(16)6-9)21-11-3-4-12(15(17,18)19)10(7-11)8-20/h2-7,21H,1H3. The molecule has 0 aliphatic heterocycles. The van der Waals surface area contributed by atoms with Gasteiger partial charge in [-0.2, -0.15) is 18.4 Å². The highest BCUT2D eigenvalue weighted by Gasteiger charge is 2.33. The summed E-state index contributed by atoms with van der Waals surface area (Å²) in [6.07, 6.45) is -4.53. The molecule has 0 aliphatic carbocycles. The lowest BCUT2D eigenvalue weighted by atomic mass is 10.1. The SMILES string of the molecule is Cc1ccc(Nc2ccc(C(F)(F)F)c(C#N)c2)c(Br)c1. The van der Waals surface area contributed by atoms with Crippen LogP contribution in [0.5, 0.6) is 0 Å². The van der Waals surface area contributed by atoms with Crippen LogP contribution in [-0.4, -0.2) is 0 Å². The number of hydrogen-bond acceptors (Lipinski definition) is 2. The summed E-state index contributed by atoms with van der Waals surface area (Å²) in [6.45, 7) is 1.93. The van der Waals surface area contributed by atoms with E-state index in [2.05, 4.69) is 21.2 Å². The van der Waals surface area contributed by atoms with Crippen LogP contribution in [0.4, 0.5) is 24.5 Å². The Morgan fingerprint density at radius 3 is 2.43 bits per heavy atom. The number of nitrogens with zero attached hydrogens (tertiary/aromatic N) is 1. The van der Waals surface area contributed by atoms with Crippen molar-refractivity contribution in [2.75, 3.05) is 5.32 Å². The fourth-order valence-corrected chi connectivity index (χ4v) is 2.43. The van der Waals surface area contributed by atoms with Gasteiger partial charge in [-0.05, 0) is 58.7 Å². The average molecular weight is 355 g/mol. The molecule has 2 rings (SSSR count). The summed E-state index contributed by atoms with van der Waals surface area (Å²) in [5, 5.41) is 11.9. The van der Waals surface area contributed by atoms with Gasteiger partial charge in [0, 0.05) is 10.2 Å². The summed E-state index contributed by atoms with van der Waals surface area (Å²) >= 11 is 3.38. The summed E-state index contributed by atoms with van der Waals surface area (Å²) in [5.74, 6) is 0. The fourth-order valence-electron chi connectivity index (χ4n) is 1.84. The van der Waals surface area contributed by atoms with Gasteiger partial charge in [0.15, 0.2) is 0 Å². The quantitative estimate of drug-likeness (QED) is 0.784. The molecule has 2 aromatic rings. The monoisotopic (exact) mass is 354 g/mol. The first kappa shape index (κ1) is 15.4. The van der Waals surface area contributed by atoms with Gasteiger partial charge >= 0.3 is 6.18 Å². The van der Waals surface area contributed by atoms with Crippen LogP contribution in [0.2, 0.25) is 0 Å². The second-order valence-electron chi connectivity index (χ2n) is 4.48. The molecule has 0 saturated carbocycles. The van der Waals surface area contributed by atoms with Crippen LogP contribution in [0.3, 0.4) is 0 Å². The highest BCUT2D eigenvalue weighted by atomic mass is 79.9. The van der Waals surface area contributed by atoms with E-state index in [1.807, 2.05) is 25.1 Å². The third-order valence-electron chi connectivity index (χ3n) is 2.85. The van der Waals surface area contributed by atoms with Gasteiger partial charge in [-0.25, -0.2) is 0 Å². The second-order valence-corrected chi connectivity index (χ2v) is 5.33. The van der Waals surface area contributed by atoms with Crippen LogP contribution in [-0.2, 0) is 6.18 Å². The van der Waals surface area contributed by atoms with E-state index in [9.17, 15) is 13.2 Å². The Balaban J connectivity index is 2.36. The molecular formula is C15H10BrF3N2. The Labute approximate surface area is 128 Å². The van der Waals surface area contributed by atoms with Gasteiger partial charge in [0.1, 0.15) is 0 Å². The first-order valence-corrected chi connectivity index (χ1v) is 6.75. The van der Waals surface area contributed by atoms with Crippen molar-refractivity contribution in [3.63, 3.8) is 0 Å². The minimum atomic E-state index is -4.53. The Bertz CT molecular complexity index is 718. The van der Waals surface area contributed by atoms with Gasteiger partial charge in [-0.3, -0.25) is 0 Å². The van der Waals surface area contributed by atoms with E-state index >= 15 is 0 Å². The molecule has 0 heterocycles. The molecule has 0 bridgehead atoms. The molecule has 0 spiro atoms. The Morgan fingerprint density at radius 2 is 1.86 bits per heavy atom. The van der Waals surface area contributed by atoms with Gasteiger partial charge in [0.2, 0.25) is 0 Å². The zero-order valence-electron chi connectivity index (χ0n) is 10.9. The normalized spacial score (nSPS) is 11.0. The molecule has 2 nitrogen and oxygen atoms in total. The lowest BCUT2D eigenvalue weighted by Crippen LogP contribution is -2.08. The summed E-state index contributed by atoms with van der Waals surface area (Å²) in [7, 11) is 0. The van der Waals surface area contributed by atoms with E-state index in [1.54, 1.807) is 6.07 Å². The van der Waals surface area contributed by atoms with Crippen molar-refractivity contribution in [2.24, 2.45) is 0 Å². The van der Waals surface area contributed by atoms with Crippen molar-refractivity contribution in [3.05, 3.63) is 57.6 Å². The Hall–Kier alpha value is -2.00. The second kappa shape index (κ2) is 5.78. The number of nitrogens with one attached hydrogen (secondary N) is 1. The van der Waals surface area contributed by atoms with Crippen LogP contribution in [0.25, 0.3) is 0 Å². The van der Waals surface area contributed by atoms with Crippen LogP contribution in [0, 0.1) is 18.3 Å². The molecule has 0 atom stereocenters. The molecule has 108 valence electrons. The lowest BCUT2D eigenvalue weighted by molar-refractivity contribution is -0.137. The van der Waals surface area contributed by atoms with Crippen LogP contribution < -0.4 is 5.32 Å². The lowest BCUT2D eigenvalue weighted by Gasteiger charge is -2.13. The van der Waals surface area contributed by atoms with Gasteiger partial charge < -0.3 is 5.32 Å². The van der Waals surface area contributed by atoms with Gasteiger partial charge in [-0.1, -0.05) is 6.07 Å². The van der Waals surface area contributed by atoms with Gasteiger partial charge in [0.25, 0.3) is 0 Å². The number of halogens is 4. The topological polar surface area (TPSA) is 35.8 Å². The summed E-state index contributed by atoms with van der Waals surface area (Å²) in [5.41, 5.74) is 0.847. The van der Waals surface area contributed by atoms with E-state index in [4.69, 9.17) is 5.26 Å². The molecule has 0 aliphatic rings. The highest BCUT2D eigenvalue weighted by molar-refractivity contribution is 9.10. The van der Waals surface area contributed by atoms with E-state index < -0.39 is 17.3 Å². The van der Waals surface area contributed by atoms with E-state index in [0.717, 1.165) is 16.1 Å². The number of anilines is 2. The number of nitriles is 1. The molecule has 0 saturated heterocycles. The van der Waals surface area contributed by atoms with Gasteiger partial charge in [-0.15, -0.1) is 0 Å². The largest absolute Gasteiger partial charge is 0.417 e. The maximum atomic E-state index is 12.7. The third kappa shape index (κ3) is 3.56. The Kier molecular flexibility index (Phi) is 4.24. The molecule has 0 fully saturated rings. The smallest absolute Gasteiger partial charge is 0.355 e. The molecule has 0 radical (unpaired) electrons. The van der Waals surface area contributed by atoms with Crippen molar-refractivity contribution in [2.45, 2.75) is 13.1 Å². The Morgan fingerprint density at radius 1 is 1.14 bits per heavy atom. The first-order chi connectivity index (χ1) is 9.81. The van der Waals surface area contributed by atoms with Crippen molar-refractivity contribution < 1.29 is 13.2 Å². The number of benzene rings is 2. The van der Waals surface area contributed by atoms with E-state index in [0.29, 0.717) is 11.4 Å². The third-order valence-corrected chi connectivity index (χ3v) is 3.51. The molecule has 1 N–H and O–H groups in total. The maximum absolute atomic E-state index is 12.7. The molecule has 6 heteroatoms. The molecule has 0 aromatic heterocycles. The van der Waals surface area contributed by atoms with Crippen molar-refractivity contribution in [1.29, 1.82) is 5.26 Å².